The SMILES string of the molecule is COC(=O)[C@@]12CN(C(=O)c3cccc4ncsc34)C[C@]1(C(=O)OC)C2.O=CO. The maximum atomic E-state index is 13.0. The predicted molar refractivity (Wildman–Crippen MR) is 97.7 cm³/mol. The van der Waals surface area contributed by atoms with Crippen molar-refractivity contribution >= 4 is 45.9 Å². The van der Waals surface area contributed by atoms with E-state index in [1.54, 1.807) is 22.5 Å². The van der Waals surface area contributed by atoms with Crippen molar-refractivity contribution in [3.8, 4) is 0 Å². The fourth-order valence-corrected chi connectivity index (χ4v) is 4.81. The lowest BCUT2D eigenvalue weighted by molar-refractivity contribution is -0.155. The third-order valence-electron chi connectivity index (χ3n) is 5.34. The van der Waals surface area contributed by atoms with Crippen molar-refractivity contribution < 1.29 is 33.8 Å². The van der Waals surface area contributed by atoms with E-state index in [-0.39, 0.29) is 25.5 Å². The van der Waals surface area contributed by atoms with E-state index < -0.39 is 22.8 Å². The Kier molecular flexibility index (Phi) is 5.07. The van der Waals surface area contributed by atoms with Crippen LogP contribution in [0.2, 0.25) is 0 Å². The number of fused-ring (bicyclic) bond motifs is 2. The van der Waals surface area contributed by atoms with Gasteiger partial charge in [-0.1, -0.05) is 6.07 Å². The van der Waals surface area contributed by atoms with E-state index in [2.05, 4.69) is 4.98 Å². The molecule has 1 aromatic heterocycles. The number of hydrogen-bond acceptors (Lipinski definition) is 8. The van der Waals surface area contributed by atoms with Crippen LogP contribution in [0.4, 0.5) is 0 Å². The first kappa shape index (κ1) is 19.7. The summed E-state index contributed by atoms with van der Waals surface area (Å²) in [5.41, 5.74) is 0.986. The van der Waals surface area contributed by atoms with Crippen LogP contribution >= 0.6 is 11.3 Å². The second kappa shape index (κ2) is 7.19. The Morgan fingerprint density at radius 1 is 1.18 bits per heavy atom. The molecule has 1 aliphatic heterocycles. The molecule has 4 rings (SSSR count). The van der Waals surface area contributed by atoms with Crippen LogP contribution in [0.3, 0.4) is 0 Å². The van der Waals surface area contributed by atoms with Crippen LogP contribution in [0.25, 0.3) is 10.2 Å². The Morgan fingerprint density at radius 2 is 1.75 bits per heavy atom. The van der Waals surface area contributed by atoms with Gasteiger partial charge in [-0.2, -0.15) is 0 Å². The monoisotopic (exact) mass is 406 g/mol. The number of hydrogen-bond donors (Lipinski definition) is 1. The molecule has 2 aromatic rings. The van der Waals surface area contributed by atoms with Crippen LogP contribution < -0.4 is 0 Å². The van der Waals surface area contributed by atoms with Crippen LogP contribution in [-0.4, -0.2) is 66.6 Å². The molecular weight excluding hydrogens is 388 g/mol. The number of piperidine rings is 1. The zero-order valence-corrected chi connectivity index (χ0v) is 16.0. The summed E-state index contributed by atoms with van der Waals surface area (Å²) in [5, 5.41) is 6.89. The van der Waals surface area contributed by atoms with Gasteiger partial charge < -0.3 is 19.5 Å². The van der Waals surface area contributed by atoms with E-state index in [1.165, 1.54) is 25.6 Å². The Balaban J connectivity index is 0.000000706. The van der Waals surface area contributed by atoms with E-state index in [1.807, 2.05) is 6.07 Å². The van der Waals surface area contributed by atoms with Gasteiger partial charge in [0.05, 0.1) is 35.5 Å². The normalized spacial score (nSPS) is 24.6. The highest BCUT2D eigenvalue weighted by molar-refractivity contribution is 7.17. The molecule has 28 heavy (non-hydrogen) atoms. The van der Waals surface area contributed by atoms with Crippen molar-refractivity contribution in [3.63, 3.8) is 0 Å². The molecule has 1 saturated heterocycles. The summed E-state index contributed by atoms with van der Waals surface area (Å²) in [5.74, 6) is -1.15. The van der Waals surface area contributed by atoms with Gasteiger partial charge in [0.15, 0.2) is 0 Å². The van der Waals surface area contributed by atoms with Crippen molar-refractivity contribution in [1.29, 1.82) is 0 Å². The molecule has 2 heterocycles. The molecule has 9 nitrogen and oxygen atoms in total. The topological polar surface area (TPSA) is 123 Å². The summed E-state index contributed by atoms with van der Waals surface area (Å²) in [7, 11) is 2.58. The van der Waals surface area contributed by atoms with E-state index in [0.29, 0.717) is 12.0 Å². The summed E-state index contributed by atoms with van der Waals surface area (Å²) in [4.78, 5) is 51.8. The van der Waals surface area contributed by atoms with Crippen molar-refractivity contribution in [2.24, 2.45) is 10.8 Å². The number of amides is 1. The molecule has 1 aliphatic carbocycles. The highest BCUT2D eigenvalue weighted by atomic mass is 32.1. The fraction of sp³-hybridized carbons (Fsp3) is 0.389. The number of methoxy groups -OCH3 is 2. The minimum atomic E-state index is -0.994. The minimum absolute atomic E-state index is 0.156. The third-order valence-corrected chi connectivity index (χ3v) is 6.22. The van der Waals surface area contributed by atoms with Crippen LogP contribution in [0, 0.1) is 10.8 Å². The van der Waals surface area contributed by atoms with E-state index in [9.17, 15) is 14.4 Å². The Bertz CT molecular complexity index is 928. The number of carbonyl (C=O) groups excluding carboxylic acids is 3. The highest BCUT2D eigenvalue weighted by Crippen LogP contribution is 2.69. The molecule has 2 aliphatic rings. The first-order chi connectivity index (χ1) is 13.4. The largest absolute Gasteiger partial charge is 0.483 e. The highest BCUT2D eigenvalue weighted by Gasteiger charge is 2.82. The number of carbonyl (C=O) groups is 4. The predicted octanol–water partition coefficient (Wildman–Crippen LogP) is 1.18. The molecule has 1 amide bonds. The van der Waals surface area contributed by atoms with Gasteiger partial charge in [-0.3, -0.25) is 19.2 Å². The maximum Gasteiger partial charge on any atom is 0.314 e. The summed E-state index contributed by atoms with van der Waals surface area (Å²) in [6, 6.07) is 5.36. The van der Waals surface area contributed by atoms with Crippen molar-refractivity contribution in [2.45, 2.75) is 6.42 Å². The van der Waals surface area contributed by atoms with Gasteiger partial charge in [-0.05, 0) is 18.6 Å². The number of nitrogens with zero attached hydrogens (tertiary/aromatic N) is 2. The lowest BCUT2D eigenvalue weighted by Gasteiger charge is -2.20. The molecule has 1 N–H and O–H groups in total. The first-order valence-electron chi connectivity index (χ1n) is 8.27. The number of aromatic nitrogens is 1. The maximum absolute atomic E-state index is 13.0. The molecule has 2 fully saturated rings. The molecule has 0 spiro atoms. The molecule has 1 aromatic carbocycles. The van der Waals surface area contributed by atoms with Crippen molar-refractivity contribution in [1.82, 2.24) is 9.88 Å². The van der Waals surface area contributed by atoms with Gasteiger partial charge >= 0.3 is 11.9 Å². The lowest BCUT2D eigenvalue weighted by Crippen LogP contribution is -2.34. The number of benzene rings is 1. The summed E-state index contributed by atoms with van der Waals surface area (Å²) < 4.78 is 10.6. The quantitative estimate of drug-likeness (QED) is 0.595. The summed E-state index contributed by atoms with van der Waals surface area (Å²) in [6.07, 6.45) is 0.355. The van der Waals surface area contributed by atoms with Crippen molar-refractivity contribution in [2.75, 3.05) is 27.3 Å². The lowest BCUT2D eigenvalue weighted by atomic mass is 9.96. The average molecular weight is 406 g/mol. The summed E-state index contributed by atoms with van der Waals surface area (Å²) >= 11 is 1.39. The van der Waals surface area contributed by atoms with E-state index in [0.717, 1.165) is 10.2 Å². The van der Waals surface area contributed by atoms with Crippen LogP contribution in [-0.2, 0) is 23.9 Å². The zero-order chi connectivity index (χ0) is 20.5. The van der Waals surface area contributed by atoms with Gasteiger partial charge in [-0.25, -0.2) is 4.98 Å². The van der Waals surface area contributed by atoms with E-state index in [4.69, 9.17) is 19.4 Å². The smallest absolute Gasteiger partial charge is 0.314 e. The Labute approximate surface area is 163 Å². The number of carboxylic acid groups (broad SMARTS) is 1. The van der Waals surface area contributed by atoms with Gasteiger partial charge in [0.25, 0.3) is 12.4 Å². The standard InChI is InChI=1S/C17H16N2O5S.CH2O2/c1-23-14(21)16-6-17(16,15(22)24-2)8-19(7-16)13(20)10-4-3-5-11-12(10)25-9-18-11;2-1-3/h3-5,9H,6-8H2,1-2H3;1H,(H,2,3)/t16-,17+;. The van der Waals surface area contributed by atoms with Gasteiger partial charge in [0.1, 0.15) is 10.8 Å². The molecular formula is C18H18N2O7S. The van der Waals surface area contributed by atoms with Gasteiger partial charge in [0.2, 0.25) is 0 Å². The number of rotatable bonds is 3. The van der Waals surface area contributed by atoms with Crippen LogP contribution in [0.5, 0.6) is 0 Å². The molecule has 0 unspecified atom stereocenters. The molecule has 0 bridgehead atoms. The second-order valence-corrected chi connectivity index (χ2v) is 7.45. The number of likely N-dealkylation sites (tertiary alicyclic amines) is 1. The van der Waals surface area contributed by atoms with Gasteiger partial charge in [-0.15, -0.1) is 11.3 Å². The molecule has 0 radical (unpaired) electrons. The Hall–Kier alpha value is -3.01. The minimum Gasteiger partial charge on any atom is -0.483 e. The molecule has 148 valence electrons. The summed E-state index contributed by atoms with van der Waals surface area (Å²) in [6.45, 7) is 0.0611. The van der Waals surface area contributed by atoms with Crippen LogP contribution in [0.15, 0.2) is 23.7 Å². The second-order valence-electron chi connectivity index (χ2n) is 6.60. The molecule has 1 saturated carbocycles. The van der Waals surface area contributed by atoms with E-state index >= 15 is 0 Å². The molecule has 2 atom stereocenters. The first-order valence-corrected chi connectivity index (χ1v) is 9.15. The molecule has 10 heteroatoms. The van der Waals surface area contributed by atoms with Crippen molar-refractivity contribution in [3.05, 3.63) is 29.3 Å². The fourth-order valence-electron chi connectivity index (χ4n) is 4.02. The third kappa shape index (κ3) is 2.71. The Morgan fingerprint density at radius 3 is 2.29 bits per heavy atom. The number of esters is 2. The zero-order valence-electron chi connectivity index (χ0n) is 15.2. The number of thiazole rings is 1. The van der Waals surface area contributed by atoms with Crippen LogP contribution in [0.1, 0.15) is 16.8 Å². The average Bonchev–Trinajstić information content (AvgIpc) is 3.02. The van der Waals surface area contributed by atoms with Gasteiger partial charge in [0, 0.05) is 13.1 Å². The number of ether oxygens (including phenoxy) is 2.